The molecule has 0 unspecified atom stereocenters. The molecular weight excluding hydrogens is 428 g/mol. The molecular formula is C23H32N4O2S2. The molecule has 1 aromatic heterocycles. The normalized spacial score (nSPS) is 11.1. The van der Waals surface area contributed by atoms with Crippen LogP contribution in [0.3, 0.4) is 0 Å². The third kappa shape index (κ3) is 10.7. The third-order valence-corrected chi connectivity index (χ3v) is 6.03. The summed E-state index contributed by atoms with van der Waals surface area (Å²) in [5.74, 6) is 1.93. The predicted molar refractivity (Wildman–Crippen MR) is 130 cm³/mol. The van der Waals surface area contributed by atoms with Gasteiger partial charge in [0.1, 0.15) is 10.8 Å². The fraction of sp³-hybridized carbons (Fsp3) is 0.478. The number of carbonyl (C=O) groups excluding carboxylic acids is 1. The van der Waals surface area contributed by atoms with Crippen molar-refractivity contribution in [2.24, 2.45) is 5.10 Å². The molecule has 0 aliphatic carbocycles. The summed E-state index contributed by atoms with van der Waals surface area (Å²) in [4.78, 5) is 21.1. The van der Waals surface area contributed by atoms with E-state index in [1.54, 1.807) is 18.0 Å². The van der Waals surface area contributed by atoms with Crippen LogP contribution in [0.25, 0.3) is 0 Å². The van der Waals surface area contributed by atoms with Crippen LogP contribution in [-0.2, 0) is 4.79 Å². The first-order valence-corrected chi connectivity index (χ1v) is 12.7. The Morgan fingerprint density at radius 1 is 1.10 bits per heavy atom. The lowest BCUT2D eigenvalue weighted by Crippen LogP contribution is -2.19. The van der Waals surface area contributed by atoms with Gasteiger partial charge in [-0.05, 0) is 55.7 Å². The molecule has 1 heterocycles. The minimum Gasteiger partial charge on any atom is -0.494 e. The fourth-order valence-electron chi connectivity index (χ4n) is 2.50. The van der Waals surface area contributed by atoms with Crippen LogP contribution < -0.4 is 10.2 Å². The first kappa shape index (κ1) is 25.2. The molecule has 31 heavy (non-hydrogen) atoms. The van der Waals surface area contributed by atoms with Gasteiger partial charge in [0.25, 0.3) is 0 Å². The monoisotopic (exact) mass is 460 g/mol. The maximum Gasteiger partial charge on any atom is 0.250 e. The fourth-order valence-corrected chi connectivity index (χ4v) is 4.30. The van der Waals surface area contributed by atoms with Gasteiger partial charge in [0, 0.05) is 11.4 Å². The zero-order valence-electron chi connectivity index (χ0n) is 18.6. The van der Waals surface area contributed by atoms with E-state index in [1.165, 1.54) is 24.6 Å². The Morgan fingerprint density at radius 3 is 2.61 bits per heavy atom. The van der Waals surface area contributed by atoms with Crippen LogP contribution >= 0.6 is 23.5 Å². The van der Waals surface area contributed by atoms with Crippen LogP contribution in [-0.4, -0.2) is 40.2 Å². The van der Waals surface area contributed by atoms with E-state index in [1.807, 2.05) is 37.3 Å². The lowest BCUT2D eigenvalue weighted by molar-refractivity contribution is -0.118. The largest absolute Gasteiger partial charge is 0.494 e. The Bertz CT molecular complexity index is 829. The average molecular weight is 461 g/mol. The highest BCUT2D eigenvalue weighted by atomic mass is 32.2. The molecule has 168 valence electrons. The topological polar surface area (TPSA) is 76.5 Å². The summed E-state index contributed by atoms with van der Waals surface area (Å²) in [6, 6.07) is 9.57. The number of nitrogens with zero attached hydrogens (tertiary/aromatic N) is 3. The highest BCUT2D eigenvalue weighted by Gasteiger charge is 2.07. The van der Waals surface area contributed by atoms with Gasteiger partial charge < -0.3 is 4.74 Å². The quantitative estimate of drug-likeness (QED) is 0.100. The Balaban J connectivity index is 1.74. The molecule has 0 spiro atoms. The molecule has 0 bridgehead atoms. The maximum atomic E-state index is 12.1. The van der Waals surface area contributed by atoms with Gasteiger partial charge in [0.15, 0.2) is 5.16 Å². The Labute approximate surface area is 194 Å². The molecule has 1 N–H and O–H groups in total. The second-order valence-corrected chi connectivity index (χ2v) is 9.10. The van der Waals surface area contributed by atoms with Crippen molar-refractivity contribution in [1.29, 1.82) is 0 Å². The second kappa shape index (κ2) is 14.9. The molecule has 8 heteroatoms. The number of nitrogens with one attached hydrogen (secondary N) is 1. The van der Waals surface area contributed by atoms with Crippen molar-refractivity contribution in [1.82, 2.24) is 15.4 Å². The maximum absolute atomic E-state index is 12.1. The molecule has 0 aliphatic heterocycles. The number of rotatable bonds is 14. The van der Waals surface area contributed by atoms with E-state index in [0.717, 1.165) is 58.8 Å². The Hall–Kier alpha value is -2.06. The summed E-state index contributed by atoms with van der Waals surface area (Å²) < 4.78 is 5.69. The molecule has 0 saturated heterocycles. The van der Waals surface area contributed by atoms with Crippen LogP contribution in [0.15, 0.2) is 45.6 Å². The summed E-state index contributed by atoms with van der Waals surface area (Å²) in [6.07, 6.45) is 7.34. The lowest BCUT2D eigenvalue weighted by Gasteiger charge is -2.06. The molecule has 2 rings (SSSR count). The molecule has 0 radical (unpaired) electrons. The number of unbranched alkanes of at least 4 members (excludes halogenated alkanes) is 3. The minimum atomic E-state index is -0.173. The zero-order chi connectivity index (χ0) is 22.3. The number of benzene rings is 1. The third-order valence-electron chi connectivity index (χ3n) is 4.19. The zero-order valence-corrected chi connectivity index (χ0v) is 20.2. The van der Waals surface area contributed by atoms with E-state index < -0.39 is 0 Å². The standard InChI is InChI=1S/C23H32N4O2S2/c1-4-6-8-13-29-20-11-9-19(10-12-20)16-24-27-21(28)17-31-22-15-18(3)25-23(26-22)30-14-7-5-2/h9-12,15-16H,4-8,13-14,17H2,1-3H3,(H,27,28)/b24-16+. The lowest BCUT2D eigenvalue weighted by atomic mass is 10.2. The molecule has 0 atom stereocenters. The van der Waals surface area contributed by atoms with Gasteiger partial charge in [-0.2, -0.15) is 5.10 Å². The molecule has 0 fully saturated rings. The van der Waals surface area contributed by atoms with Gasteiger partial charge in [-0.15, -0.1) is 0 Å². The summed E-state index contributed by atoms with van der Waals surface area (Å²) in [5, 5.41) is 5.62. The van der Waals surface area contributed by atoms with E-state index in [2.05, 4.69) is 34.3 Å². The number of hydrazone groups is 1. The first-order valence-electron chi connectivity index (χ1n) is 10.8. The Morgan fingerprint density at radius 2 is 1.87 bits per heavy atom. The van der Waals surface area contributed by atoms with Crippen molar-refractivity contribution < 1.29 is 9.53 Å². The number of aryl methyl sites for hydroxylation is 1. The summed E-state index contributed by atoms with van der Waals surface area (Å²) >= 11 is 3.05. The van der Waals surface area contributed by atoms with Gasteiger partial charge in [0.05, 0.1) is 18.6 Å². The molecule has 1 aromatic carbocycles. The van der Waals surface area contributed by atoms with E-state index in [0.29, 0.717) is 0 Å². The summed E-state index contributed by atoms with van der Waals surface area (Å²) in [7, 11) is 0. The number of amides is 1. The number of hydrogen-bond acceptors (Lipinski definition) is 7. The Kier molecular flexibility index (Phi) is 12.1. The van der Waals surface area contributed by atoms with Crippen molar-refractivity contribution in [3.05, 3.63) is 41.6 Å². The molecule has 2 aromatic rings. The van der Waals surface area contributed by atoms with Crippen LogP contribution in [0.2, 0.25) is 0 Å². The van der Waals surface area contributed by atoms with Crippen LogP contribution in [0, 0.1) is 6.92 Å². The van der Waals surface area contributed by atoms with Crippen molar-refractivity contribution >= 4 is 35.6 Å². The molecule has 0 saturated carbocycles. The second-order valence-electron chi connectivity index (χ2n) is 7.04. The molecule has 6 nitrogen and oxygen atoms in total. The number of hydrogen-bond donors (Lipinski definition) is 1. The van der Waals surface area contributed by atoms with E-state index >= 15 is 0 Å². The number of ether oxygens (including phenoxy) is 1. The average Bonchev–Trinajstić information content (AvgIpc) is 2.76. The first-order chi connectivity index (χ1) is 15.1. The van der Waals surface area contributed by atoms with Gasteiger partial charge in [-0.3, -0.25) is 4.79 Å². The van der Waals surface area contributed by atoms with Gasteiger partial charge in [-0.1, -0.05) is 56.6 Å². The van der Waals surface area contributed by atoms with E-state index in [4.69, 9.17) is 4.74 Å². The van der Waals surface area contributed by atoms with Gasteiger partial charge >= 0.3 is 0 Å². The number of carbonyl (C=O) groups is 1. The van der Waals surface area contributed by atoms with Crippen molar-refractivity contribution in [2.45, 2.75) is 63.1 Å². The number of aromatic nitrogens is 2. The number of thioether (sulfide) groups is 2. The molecule has 0 aliphatic rings. The van der Waals surface area contributed by atoms with Crippen molar-refractivity contribution in [2.75, 3.05) is 18.1 Å². The minimum absolute atomic E-state index is 0.173. The SMILES string of the molecule is CCCCCOc1ccc(/C=N/NC(=O)CSc2cc(C)nc(SCCCC)n2)cc1. The highest BCUT2D eigenvalue weighted by Crippen LogP contribution is 2.21. The van der Waals surface area contributed by atoms with E-state index in [9.17, 15) is 4.79 Å². The summed E-state index contributed by atoms with van der Waals surface area (Å²) in [5.41, 5.74) is 4.37. The summed E-state index contributed by atoms with van der Waals surface area (Å²) in [6.45, 7) is 7.02. The van der Waals surface area contributed by atoms with Crippen molar-refractivity contribution in [3.63, 3.8) is 0 Å². The van der Waals surface area contributed by atoms with Crippen LogP contribution in [0.4, 0.5) is 0 Å². The van der Waals surface area contributed by atoms with Crippen molar-refractivity contribution in [3.8, 4) is 5.75 Å². The van der Waals surface area contributed by atoms with Crippen LogP contribution in [0.1, 0.15) is 57.2 Å². The predicted octanol–water partition coefficient (Wildman–Crippen LogP) is 5.49. The smallest absolute Gasteiger partial charge is 0.250 e. The highest BCUT2D eigenvalue weighted by molar-refractivity contribution is 8.00. The van der Waals surface area contributed by atoms with Gasteiger partial charge in [0.2, 0.25) is 5.91 Å². The van der Waals surface area contributed by atoms with E-state index in [-0.39, 0.29) is 11.7 Å². The van der Waals surface area contributed by atoms with Gasteiger partial charge in [-0.25, -0.2) is 15.4 Å². The van der Waals surface area contributed by atoms with Crippen LogP contribution in [0.5, 0.6) is 5.75 Å². The molecule has 1 amide bonds.